The molecule has 3 aliphatic heterocycles. The molecule has 4 rings (SSSR count). The zero-order valence-electron chi connectivity index (χ0n) is 19.9. The van der Waals surface area contributed by atoms with E-state index >= 15 is 0 Å². The summed E-state index contributed by atoms with van der Waals surface area (Å²) in [6.45, 7) is 8.03. The second-order valence-electron chi connectivity index (χ2n) is 9.83. The van der Waals surface area contributed by atoms with Crippen LogP contribution < -0.4 is 21.9 Å². The lowest BCUT2D eigenvalue weighted by Crippen LogP contribution is -2.67. The number of carbonyl (C=O) groups excluding carboxylic acids is 1. The van der Waals surface area contributed by atoms with Crippen LogP contribution in [0.5, 0.6) is 0 Å². The normalized spacial score (nSPS) is 24.4. The fourth-order valence-electron chi connectivity index (χ4n) is 4.61. The molecule has 1 aromatic carbocycles. The lowest BCUT2D eigenvalue weighted by atomic mass is 10.1. The molecule has 0 saturated carbocycles. The summed E-state index contributed by atoms with van der Waals surface area (Å²) in [4.78, 5) is 17.2. The largest absolute Gasteiger partial charge is 0.390 e. The lowest BCUT2D eigenvalue weighted by Gasteiger charge is -2.46. The van der Waals surface area contributed by atoms with Crippen molar-refractivity contribution >= 4 is 28.8 Å². The number of fused-ring (bicyclic) bond motifs is 1. The van der Waals surface area contributed by atoms with E-state index in [-0.39, 0.29) is 18.6 Å². The minimum atomic E-state index is -0.814. The highest BCUT2D eigenvalue weighted by molar-refractivity contribution is 14.1. The molecule has 2 saturated heterocycles. The third kappa shape index (κ3) is 6.39. The Hall–Kier alpha value is -1.48. The molecule has 2 atom stereocenters. The second kappa shape index (κ2) is 11.1. The number of rotatable bonds is 9. The van der Waals surface area contributed by atoms with Crippen molar-refractivity contribution in [3.63, 3.8) is 0 Å². The maximum absolute atomic E-state index is 12.6. The van der Waals surface area contributed by atoms with Gasteiger partial charge in [-0.15, -0.1) is 0 Å². The van der Waals surface area contributed by atoms with Gasteiger partial charge in [0.25, 0.3) is 0 Å². The molecular formula is C23H36IN7O3. The second-order valence-corrected chi connectivity index (χ2v) is 10.9. The van der Waals surface area contributed by atoms with Crippen LogP contribution in [0.1, 0.15) is 44.2 Å². The molecule has 10 nitrogen and oxygen atoms in total. The highest BCUT2D eigenvalue weighted by Crippen LogP contribution is 2.28. The van der Waals surface area contributed by atoms with Gasteiger partial charge >= 0.3 is 0 Å². The maximum atomic E-state index is 12.6. The Labute approximate surface area is 215 Å². The van der Waals surface area contributed by atoms with Crippen LogP contribution >= 0.6 is 22.9 Å². The number of halogens is 1. The van der Waals surface area contributed by atoms with Crippen molar-refractivity contribution in [2.24, 2.45) is 5.84 Å². The lowest BCUT2D eigenvalue weighted by molar-refractivity contribution is -0.127. The first-order chi connectivity index (χ1) is 16.2. The fourth-order valence-corrected chi connectivity index (χ4v) is 5.33. The molecule has 6 N–H and O–H groups in total. The van der Waals surface area contributed by atoms with Crippen molar-refractivity contribution in [1.29, 1.82) is 0 Å². The number of hydrogen-bond donors (Lipinski definition) is 5. The van der Waals surface area contributed by atoms with Crippen molar-refractivity contribution in [2.45, 2.75) is 64.3 Å². The molecule has 188 valence electrons. The Morgan fingerprint density at radius 2 is 1.97 bits per heavy atom. The van der Waals surface area contributed by atoms with Gasteiger partial charge in [0, 0.05) is 13.1 Å². The Balaban J connectivity index is 1.50. The van der Waals surface area contributed by atoms with E-state index in [0.29, 0.717) is 31.1 Å². The summed E-state index contributed by atoms with van der Waals surface area (Å²) in [6, 6.07) is 8.61. The number of ether oxygens (including phenoxy) is 1. The van der Waals surface area contributed by atoms with E-state index in [1.54, 1.807) is 17.0 Å². The van der Waals surface area contributed by atoms with Crippen LogP contribution in [0, 0.1) is 0 Å². The van der Waals surface area contributed by atoms with Crippen LogP contribution in [0.2, 0.25) is 0 Å². The minimum absolute atomic E-state index is 0.0831. The van der Waals surface area contributed by atoms with Crippen LogP contribution in [0.15, 0.2) is 35.8 Å². The van der Waals surface area contributed by atoms with Crippen molar-refractivity contribution in [2.75, 3.05) is 26.2 Å². The molecule has 3 heterocycles. The Morgan fingerprint density at radius 3 is 2.65 bits per heavy atom. The average molecular weight is 585 g/mol. The van der Waals surface area contributed by atoms with Crippen molar-refractivity contribution < 1.29 is 14.6 Å². The number of carbonyl (C=O) groups is 1. The van der Waals surface area contributed by atoms with Gasteiger partial charge in [-0.1, -0.05) is 24.3 Å². The predicted octanol–water partition coefficient (Wildman–Crippen LogP) is 0.889. The molecule has 11 heteroatoms. The van der Waals surface area contributed by atoms with Crippen LogP contribution in [0.4, 0.5) is 0 Å². The molecule has 0 radical (unpaired) electrons. The van der Waals surface area contributed by atoms with E-state index in [4.69, 9.17) is 10.6 Å². The number of nitrogens with two attached hydrogens (primary N) is 1. The maximum Gasteiger partial charge on any atom is 0.238 e. The number of benzene rings is 1. The van der Waals surface area contributed by atoms with E-state index in [9.17, 15) is 9.90 Å². The van der Waals surface area contributed by atoms with Crippen molar-refractivity contribution in [1.82, 2.24) is 29.0 Å². The molecule has 0 bridgehead atoms. The number of aliphatic hydroxyl groups is 1. The SMILES string of the molecule is CC(C)(O)CCOC1NC2C(=C(NN)N1I)NC(=O)CN2Cc1cccc(CN2CCCC2)c1. The third-order valence-electron chi connectivity index (χ3n) is 6.34. The van der Waals surface area contributed by atoms with Gasteiger partial charge < -0.3 is 20.6 Å². The predicted molar refractivity (Wildman–Crippen MR) is 137 cm³/mol. The smallest absolute Gasteiger partial charge is 0.238 e. The monoisotopic (exact) mass is 585 g/mol. The molecule has 1 aromatic rings. The van der Waals surface area contributed by atoms with E-state index < -0.39 is 12.0 Å². The Morgan fingerprint density at radius 1 is 1.26 bits per heavy atom. The first-order valence-electron chi connectivity index (χ1n) is 11.8. The molecule has 0 aliphatic carbocycles. The number of nitrogens with zero attached hydrogens (tertiary/aromatic N) is 3. The first kappa shape index (κ1) is 25.6. The van der Waals surface area contributed by atoms with Gasteiger partial charge in [-0.25, -0.2) is 5.84 Å². The van der Waals surface area contributed by atoms with Crippen LogP contribution in [-0.4, -0.2) is 68.3 Å². The van der Waals surface area contributed by atoms with Crippen molar-refractivity contribution in [3.8, 4) is 0 Å². The summed E-state index contributed by atoms with van der Waals surface area (Å²) in [5.74, 6) is 6.35. The van der Waals surface area contributed by atoms with Gasteiger partial charge in [0.2, 0.25) is 5.91 Å². The Kier molecular flexibility index (Phi) is 8.33. The van der Waals surface area contributed by atoms with Gasteiger partial charge in [0.05, 0.1) is 47.3 Å². The summed E-state index contributed by atoms with van der Waals surface area (Å²) < 4.78 is 7.83. The quantitative estimate of drug-likeness (QED) is 0.125. The van der Waals surface area contributed by atoms with Gasteiger partial charge in [-0.3, -0.25) is 23.0 Å². The zero-order valence-corrected chi connectivity index (χ0v) is 22.0. The average Bonchev–Trinajstić information content (AvgIpc) is 3.27. The van der Waals surface area contributed by atoms with E-state index in [0.717, 1.165) is 25.2 Å². The molecule has 0 spiro atoms. The molecule has 1 amide bonds. The number of nitrogens with one attached hydrogen (secondary N) is 3. The van der Waals surface area contributed by atoms with E-state index in [1.165, 1.54) is 18.4 Å². The van der Waals surface area contributed by atoms with Crippen LogP contribution in [-0.2, 0) is 22.6 Å². The van der Waals surface area contributed by atoms with Gasteiger partial charge in [0.15, 0.2) is 12.2 Å². The standard InChI is InChI=1S/C23H36IN7O3/c1-23(2,33)8-11-34-22-27-20-19(21(28-25)31(22)24)26-18(32)15-30(20)14-17-7-5-6-16(12-17)13-29-9-3-4-10-29/h5-7,12,20,22,27-28,33H,3-4,8-11,13-15,25H2,1-2H3,(H,26,32). The molecule has 2 unspecified atom stereocenters. The minimum Gasteiger partial charge on any atom is -0.390 e. The summed E-state index contributed by atoms with van der Waals surface area (Å²) in [6.07, 6.45) is 2.27. The topological polar surface area (TPSA) is 118 Å². The molecule has 3 aliphatic rings. The summed E-state index contributed by atoms with van der Waals surface area (Å²) in [5.41, 5.74) is 5.04. The fraction of sp³-hybridized carbons (Fsp3) is 0.609. The number of piperazine rings is 1. The highest BCUT2D eigenvalue weighted by atomic mass is 127. The number of amides is 1. The third-order valence-corrected chi connectivity index (χ3v) is 7.33. The van der Waals surface area contributed by atoms with Gasteiger partial charge in [0.1, 0.15) is 6.17 Å². The number of hydrogen-bond acceptors (Lipinski definition) is 9. The zero-order chi connectivity index (χ0) is 24.3. The van der Waals surface area contributed by atoms with Crippen molar-refractivity contribution in [3.05, 3.63) is 46.9 Å². The summed E-state index contributed by atoms with van der Waals surface area (Å²) in [7, 11) is 0. The van der Waals surface area contributed by atoms with E-state index in [1.807, 2.05) is 0 Å². The van der Waals surface area contributed by atoms with Gasteiger partial charge in [-0.2, -0.15) is 0 Å². The highest BCUT2D eigenvalue weighted by Gasteiger charge is 2.41. The number of likely N-dealkylation sites (tertiary alicyclic amines) is 1. The molecule has 2 fully saturated rings. The molecule has 0 aromatic heterocycles. The summed E-state index contributed by atoms with van der Waals surface area (Å²) >= 11 is 2.10. The Bertz CT molecular complexity index is 901. The molecular weight excluding hydrogens is 549 g/mol. The van der Waals surface area contributed by atoms with Crippen LogP contribution in [0.25, 0.3) is 0 Å². The number of hydrazine groups is 1. The van der Waals surface area contributed by atoms with E-state index in [2.05, 4.69) is 73.0 Å². The van der Waals surface area contributed by atoms with Crippen LogP contribution in [0.3, 0.4) is 0 Å². The summed E-state index contributed by atoms with van der Waals surface area (Å²) in [5, 5.41) is 16.5. The van der Waals surface area contributed by atoms with Gasteiger partial charge in [-0.05, 0) is 57.3 Å². The first-order valence-corrected chi connectivity index (χ1v) is 12.8. The molecule has 34 heavy (non-hydrogen) atoms.